The molecule has 1 aliphatic heterocycles. The minimum atomic E-state index is 0.229. The zero-order valence-corrected chi connectivity index (χ0v) is 7.73. The van der Waals surface area contributed by atoms with E-state index in [9.17, 15) is 4.79 Å². The van der Waals surface area contributed by atoms with Gasteiger partial charge in [0, 0.05) is 13.6 Å². The molecule has 2 heteroatoms. The lowest BCUT2D eigenvalue weighted by molar-refractivity contribution is -0.145. The molecule has 1 atom stereocenters. The predicted octanol–water partition coefficient (Wildman–Crippen LogP) is 1.32. The van der Waals surface area contributed by atoms with Crippen molar-refractivity contribution in [2.24, 2.45) is 5.92 Å². The summed E-state index contributed by atoms with van der Waals surface area (Å²) in [7, 11) is 1.85. The second-order valence-electron chi connectivity index (χ2n) is 3.61. The molecule has 0 saturated carbocycles. The van der Waals surface area contributed by atoms with Crippen LogP contribution in [0.25, 0.3) is 0 Å². The molecular formula is C11H13NO. The maximum Gasteiger partial charge on any atom is 0.227 e. The van der Waals surface area contributed by atoms with Crippen LogP contribution in [0.15, 0.2) is 30.3 Å². The molecule has 0 unspecified atom stereocenters. The lowest BCUT2D eigenvalue weighted by Crippen LogP contribution is -2.50. The van der Waals surface area contributed by atoms with Crippen molar-refractivity contribution in [3.8, 4) is 0 Å². The number of β-lactam (4-membered cyclic amide) rings is 1. The largest absolute Gasteiger partial charge is 0.345 e. The van der Waals surface area contributed by atoms with E-state index in [1.165, 1.54) is 5.56 Å². The van der Waals surface area contributed by atoms with E-state index in [0.717, 1.165) is 13.0 Å². The molecule has 2 nitrogen and oxygen atoms in total. The summed E-state index contributed by atoms with van der Waals surface area (Å²) >= 11 is 0. The molecule has 0 aromatic heterocycles. The number of rotatable bonds is 2. The Hall–Kier alpha value is -1.31. The number of carbonyl (C=O) groups excluding carboxylic acids is 1. The SMILES string of the molecule is CN1C[C@@H](Cc2ccccc2)C1=O. The number of likely N-dealkylation sites (tertiary alicyclic amines) is 1. The first-order chi connectivity index (χ1) is 6.27. The lowest BCUT2D eigenvalue weighted by Gasteiger charge is -2.35. The van der Waals surface area contributed by atoms with Gasteiger partial charge in [-0.25, -0.2) is 0 Å². The van der Waals surface area contributed by atoms with E-state index < -0.39 is 0 Å². The standard InChI is InChI=1S/C11H13NO/c1-12-8-10(11(12)13)7-9-5-3-2-4-6-9/h2-6,10H,7-8H2,1H3/t10-/m1/s1. The third kappa shape index (κ3) is 1.57. The Morgan fingerprint density at radius 2 is 2.08 bits per heavy atom. The summed E-state index contributed by atoms with van der Waals surface area (Å²) in [6.45, 7) is 0.910. The van der Waals surface area contributed by atoms with Crippen LogP contribution < -0.4 is 0 Å². The maximum absolute atomic E-state index is 11.3. The Bertz CT molecular complexity index is 307. The van der Waals surface area contributed by atoms with Crippen LogP contribution in [0, 0.1) is 5.92 Å². The summed E-state index contributed by atoms with van der Waals surface area (Å²) < 4.78 is 0. The number of nitrogens with zero attached hydrogens (tertiary/aromatic N) is 1. The summed E-state index contributed by atoms with van der Waals surface area (Å²) in [4.78, 5) is 13.1. The van der Waals surface area contributed by atoms with E-state index >= 15 is 0 Å². The van der Waals surface area contributed by atoms with Crippen LogP contribution in [0.4, 0.5) is 0 Å². The molecule has 0 spiro atoms. The highest BCUT2D eigenvalue weighted by atomic mass is 16.2. The first-order valence-corrected chi connectivity index (χ1v) is 4.56. The summed E-state index contributed by atoms with van der Waals surface area (Å²) in [5.74, 6) is 0.510. The first-order valence-electron chi connectivity index (χ1n) is 4.56. The number of carbonyl (C=O) groups is 1. The van der Waals surface area contributed by atoms with Gasteiger partial charge in [0.05, 0.1) is 5.92 Å². The topological polar surface area (TPSA) is 20.3 Å². The van der Waals surface area contributed by atoms with Crippen molar-refractivity contribution in [3.05, 3.63) is 35.9 Å². The third-order valence-electron chi connectivity index (χ3n) is 2.54. The number of benzene rings is 1. The normalized spacial score (nSPS) is 21.5. The van der Waals surface area contributed by atoms with E-state index in [0.29, 0.717) is 0 Å². The highest BCUT2D eigenvalue weighted by Gasteiger charge is 2.33. The fourth-order valence-electron chi connectivity index (χ4n) is 1.75. The van der Waals surface area contributed by atoms with Gasteiger partial charge in [-0.2, -0.15) is 0 Å². The van der Waals surface area contributed by atoms with Gasteiger partial charge in [0.15, 0.2) is 0 Å². The monoisotopic (exact) mass is 175 g/mol. The molecule has 2 rings (SSSR count). The lowest BCUT2D eigenvalue weighted by atomic mass is 9.92. The Balaban J connectivity index is 1.97. The molecule has 1 saturated heterocycles. The molecule has 0 radical (unpaired) electrons. The number of hydrogen-bond acceptors (Lipinski definition) is 1. The molecule has 13 heavy (non-hydrogen) atoms. The zero-order valence-electron chi connectivity index (χ0n) is 7.73. The van der Waals surface area contributed by atoms with Gasteiger partial charge < -0.3 is 4.90 Å². The average molecular weight is 175 g/mol. The number of amides is 1. The Kier molecular flexibility index (Phi) is 2.05. The fourth-order valence-corrected chi connectivity index (χ4v) is 1.75. The summed E-state index contributed by atoms with van der Waals surface area (Å²) in [6, 6.07) is 10.2. The van der Waals surface area contributed by atoms with Gasteiger partial charge in [0.25, 0.3) is 0 Å². The molecule has 1 amide bonds. The Morgan fingerprint density at radius 1 is 1.38 bits per heavy atom. The molecule has 1 heterocycles. The molecule has 1 aliphatic rings. The quantitative estimate of drug-likeness (QED) is 0.621. The van der Waals surface area contributed by atoms with E-state index in [-0.39, 0.29) is 11.8 Å². The summed E-state index contributed by atoms with van der Waals surface area (Å²) in [6.07, 6.45) is 0.893. The Morgan fingerprint density at radius 3 is 2.62 bits per heavy atom. The average Bonchev–Trinajstić information content (AvgIpc) is 2.19. The van der Waals surface area contributed by atoms with Crippen LogP contribution in [0.3, 0.4) is 0 Å². The van der Waals surface area contributed by atoms with Crippen LogP contribution in [0.1, 0.15) is 5.56 Å². The molecule has 0 N–H and O–H groups in total. The molecule has 0 bridgehead atoms. The van der Waals surface area contributed by atoms with Crippen molar-refractivity contribution in [1.29, 1.82) is 0 Å². The molecule has 1 fully saturated rings. The zero-order chi connectivity index (χ0) is 9.26. The van der Waals surface area contributed by atoms with Crippen molar-refractivity contribution in [3.63, 3.8) is 0 Å². The van der Waals surface area contributed by atoms with Crippen LogP contribution in [0.5, 0.6) is 0 Å². The van der Waals surface area contributed by atoms with Gasteiger partial charge in [-0.3, -0.25) is 4.79 Å². The minimum Gasteiger partial charge on any atom is -0.345 e. The van der Waals surface area contributed by atoms with Crippen molar-refractivity contribution >= 4 is 5.91 Å². The van der Waals surface area contributed by atoms with Gasteiger partial charge >= 0.3 is 0 Å². The molecule has 1 aromatic rings. The Labute approximate surface area is 78.2 Å². The number of hydrogen-bond donors (Lipinski definition) is 0. The highest BCUT2D eigenvalue weighted by molar-refractivity contribution is 5.84. The van der Waals surface area contributed by atoms with E-state index in [1.54, 1.807) is 4.90 Å². The van der Waals surface area contributed by atoms with Crippen molar-refractivity contribution in [2.45, 2.75) is 6.42 Å². The van der Waals surface area contributed by atoms with Crippen LogP contribution in [-0.4, -0.2) is 24.4 Å². The second-order valence-corrected chi connectivity index (χ2v) is 3.61. The van der Waals surface area contributed by atoms with Gasteiger partial charge in [0.2, 0.25) is 5.91 Å². The first kappa shape index (κ1) is 8.30. The molecular weight excluding hydrogens is 162 g/mol. The van der Waals surface area contributed by atoms with E-state index in [4.69, 9.17) is 0 Å². The van der Waals surface area contributed by atoms with Crippen molar-refractivity contribution in [1.82, 2.24) is 4.90 Å². The van der Waals surface area contributed by atoms with Gasteiger partial charge in [0.1, 0.15) is 0 Å². The molecule has 68 valence electrons. The van der Waals surface area contributed by atoms with Gasteiger partial charge in [-0.15, -0.1) is 0 Å². The molecule has 0 aliphatic carbocycles. The fraction of sp³-hybridized carbons (Fsp3) is 0.364. The molecule has 1 aromatic carbocycles. The minimum absolute atomic E-state index is 0.229. The van der Waals surface area contributed by atoms with Crippen LogP contribution in [0.2, 0.25) is 0 Å². The van der Waals surface area contributed by atoms with E-state index in [1.807, 2.05) is 25.2 Å². The van der Waals surface area contributed by atoms with Crippen LogP contribution in [-0.2, 0) is 11.2 Å². The predicted molar refractivity (Wildman–Crippen MR) is 51.3 cm³/mol. The van der Waals surface area contributed by atoms with Crippen molar-refractivity contribution < 1.29 is 4.79 Å². The van der Waals surface area contributed by atoms with Gasteiger partial charge in [-0.05, 0) is 12.0 Å². The smallest absolute Gasteiger partial charge is 0.227 e. The third-order valence-corrected chi connectivity index (χ3v) is 2.54. The van der Waals surface area contributed by atoms with Gasteiger partial charge in [-0.1, -0.05) is 30.3 Å². The summed E-state index contributed by atoms with van der Waals surface area (Å²) in [5, 5.41) is 0. The van der Waals surface area contributed by atoms with E-state index in [2.05, 4.69) is 12.1 Å². The summed E-state index contributed by atoms with van der Waals surface area (Å²) in [5.41, 5.74) is 1.26. The maximum atomic E-state index is 11.3. The highest BCUT2D eigenvalue weighted by Crippen LogP contribution is 2.19. The second kappa shape index (κ2) is 3.21. The van der Waals surface area contributed by atoms with Crippen LogP contribution >= 0.6 is 0 Å². The van der Waals surface area contributed by atoms with Crippen molar-refractivity contribution in [2.75, 3.05) is 13.6 Å².